The van der Waals surface area contributed by atoms with Crippen LogP contribution in [0.2, 0.25) is 0 Å². The summed E-state index contributed by atoms with van der Waals surface area (Å²) in [7, 11) is 0. The molecule has 0 saturated carbocycles. The molecule has 1 unspecified atom stereocenters. The summed E-state index contributed by atoms with van der Waals surface area (Å²) in [6, 6.07) is 12.2. The molecular formula is C22H27N3O2. The molecule has 1 atom stereocenters. The number of H-pyrrole nitrogens is 1. The van der Waals surface area contributed by atoms with E-state index in [9.17, 15) is 4.79 Å². The largest absolute Gasteiger partial charge is 0.468 e. The molecule has 0 spiro atoms. The van der Waals surface area contributed by atoms with Gasteiger partial charge in [-0.15, -0.1) is 0 Å². The molecule has 1 amide bonds. The first kappa shape index (κ1) is 17.9. The van der Waals surface area contributed by atoms with Crippen molar-refractivity contribution in [1.82, 2.24) is 15.2 Å². The van der Waals surface area contributed by atoms with Crippen LogP contribution in [-0.4, -0.2) is 35.4 Å². The lowest BCUT2D eigenvalue weighted by molar-refractivity contribution is -0.120. The van der Waals surface area contributed by atoms with E-state index in [4.69, 9.17) is 4.42 Å². The van der Waals surface area contributed by atoms with Crippen LogP contribution in [0.4, 0.5) is 0 Å². The molecule has 3 aromatic rings. The predicted molar refractivity (Wildman–Crippen MR) is 107 cm³/mol. The third-order valence-electron chi connectivity index (χ3n) is 5.56. The highest BCUT2D eigenvalue weighted by molar-refractivity contribution is 5.90. The molecule has 2 N–H and O–H groups in total. The van der Waals surface area contributed by atoms with Crippen LogP contribution in [0.1, 0.15) is 42.3 Å². The fourth-order valence-electron chi connectivity index (χ4n) is 4.12. The van der Waals surface area contributed by atoms with E-state index in [0.29, 0.717) is 13.0 Å². The smallest absolute Gasteiger partial charge is 0.224 e. The normalized spacial score (nSPS) is 16.5. The van der Waals surface area contributed by atoms with Gasteiger partial charge in [0.2, 0.25) is 5.91 Å². The van der Waals surface area contributed by atoms with Crippen molar-refractivity contribution < 1.29 is 9.21 Å². The molecule has 1 aromatic carbocycles. The summed E-state index contributed by atoms with van der Waals surface area (Å²) in [6.07, 6.45) is 5.80. The van der Waals surface area contributed by atoms with Gasteiger partial charge in [0.1, 0.15) is 5.76 Å². The quantitative estimate of drug-likeness (QED) is 0.695. The summed E-state index contributed by atoms with van der Waals surface area (Å²) in [6.45, 7) is 4.72. The van der Waals surface area contributed by atoms with Crippen molar-refractivity contribution in [3.63, 3.8) is 0 Å². The Morgan fingerprint density at radius 1 is 1.19 bits per heavy atom. The molecule has 0 aliphatic carbocycles. The Labute approximate surface area is 159 Å². The van der Waals surface area contributed by atoms with Crippen LogP contribution in [0.15, 0.2) is 47.1 Å². The van der Waals surface area contributed by atoms with Gasteiger partial charge in [0, 0.05) is 23.1 Å². The second-order valence-corrected chi connectivity index (χ2v) is 7.38. The first-order valence-electron chi connectivity index (χ1n) is 9.82. The van der Waals surface area contributed by atoms with Crippen LogP contribution < -0.4 is 5.32 Å². The minimum Gasteiger partial charge on any atom is -0.468 e. The minimum atomic E-state index is 0.0522. The summed E-state index contributed by atoms with van der Waals surface area (Å²) >= 11 is 0. The number of rotatable bonds is 6. The fourth-order valence-corrected chi connectivity index (χ4v) is 4.12. The van der Waals surface area contributed by atoms with Gasteiger partial charge in [-0.3, -0.25) is 9.69 Å². The number of aryl methyl sites for hydroxylation is 1. The zero-order chi connectivity index (χ0) is 18.6. The first-order valence-corrected chi connectivity index (χ1v) is 9.82. The van der Waals surface area contributed by atoms with Gasteiger partial charge in [0.05, 0.1) is 18.7 Å². The number of furan rings is 1. The number of aromatic nitrogens is 1. The second-order valence-electron chi connectivity index (χ2n) is 7.38. The number of nitrogens with zero attached hydrogens (tertiary/aromatic N) is 1. The Morgan fingerprint density at radius 2 is 2.00 bits per heavy atom. The highest BCUT2D eigenvalue weighted by Gasteiger charge is 2.25. The molecular weight excluding hydrogens is 338 g/mol. The SMILES string of the molecule is Cc1[nH]c2ccccc2c1CC(=O)NCC(c1ccco1)N1CCCCC1. The maximum Gasteiger partial charge on any atom is 0.224 e. The number of carbonyl (C=O) groups excluding carboxylic acids is 1. The molecule has 5 nitrogen and oxygen atoms in total. The van der Waals surface area contributed by atoms with Crippen LogP contribution in [0.25, 0.3) is 10.9 Å². The van der Waals surface area contributed by atoms with Crippen molar-refractivity contribution in [2.45, 2.75) is 38.6 Å². The monoisotopic (exact) mass is 365 g/mol. The van der Waals surface area contributed by atoms with Crippen molar-refractivity contribution in [2.75, 3.05) is 19.6 Å². The first-order chi connectivity index (χ1) is 13.2. The van der Waals surface area contributed by atoms with E-state index in [1.165, 1.54) is 19.3 Å². The number of fused-ring (bicyclic) bond motifs is 1. The lowest BCUT2D eigenvalue weighted by atomic mass is 10.1. The predicted octanol–water partition coefficient (Wildman–Crippen LogP) is 3.96. The summed E-state index contributed by atoms with van der Waals surface area (Å²) in [5.41, 5.74) is 3.22. The highest BCUT2D eigenvalue weighted by Crippen LogP contribution is 2.25. The number of hydrogen-bond donors (Lipinski definition) is 2. The number of hydrogen-bond acceptors (Lipinski definition) is 3. The Morgan fingerprint density at radius 3 is 2.78 bits per heavy atom. The number of likely N-dealkylation sites (tertiary alicyclic amines) is 1. The standard InChI is InChI=1S/C22H27N3O2/c1-16-18(17-8-3-4-9-19(17)24-16)14-22(26)23-15-20(21-10-7-13-27-21)25-11-5-2-6-12-25/h3-4,7-10,13,20,24H,2,5-6,11-12,14-15H2,1H3,(H,23,26). The van der Waals surface area contributed by atoms with Gasteiger partial charge in [-0.05, 0) is 56.6 Å². The van der Waals surface area contributed by atoms with Crippen LogP contribution >= 0.6 is 0 Å². The van der Waals surface area contributed by atoms with E-state index in [1.54, 1.807) is 6.26 Å². The molecule has 3 heterocycles. The van der Waals surface area contributed by atoms with Gasteiger partial charge in [0.25, 0.3) is 0 Å². The minimum absolute atomic E-state index is 0.0522. The molecule has 1 aliphatic heterocycles. The van der Waals surface area contributed by atoms with Gasteiger partial charge in [0.15, 0.2) is 0 Å². The third-order valence-corrected chi connectivity index (χ3v) is 5.56. The van der Waals surface area contributed by atoms with E-state index in [2.05, 4.69) is 21.3 Å². The second kappa shape index (κ2) is 8.01. The maximum absolute atomic E-state index is 12.7. The molecule has 5 heteroatoms. The number of nitrogens with one attached hydrogen (secondary N) is 2. The highest BCUT2D eigenvalue weighted by atomic mass is 16.3. The Balaban J connectivity index is 1.44. The van der Waals surface area contributed by atoms with Crippen LogP contribution in [0, 0.1) is 6.92 Å². The Hall–Kier alpha value is -2.53. The lowest BCUT2D eigenvalue weighted by Crippen LogP contribution is -2.40. The van der Waals surface area contributed by atoms with E-state index in [1.807, 2.05) is 37.3 Å². The Bertz CT molecular complexity index is 892. The summed E-state index contributed by atoms with van der Waals surface area (Å²) < 4.78 is 5.67. The molecule has 1 saturated heterocycles. The average Bonchev–Trinajstić information content (AvgIpc) is 3.32. The van der Waals surface area contributed by atoms with Crippen molar-refractivity contribution >= 4 is 16.8 Å². The Kier molecular flexibility index (Phi) is 5.30. The van der Waals surface area contributed by atoms with Crippen LogP contribution in [0.3, 0.4) is 0 Å². The fraction of sp³-hybridized carbons (Fsp3) is 0.409. The van der Waals surface area contributed by atoms with Gasteiger partial charge < -0.3 is 14.7 Å². The molecule has 2 aromatic heterocycles. The molecule has 27 heavy (non-hydrogen) atoms. The number of carbonyl (C=O) groups is 1. The summed E-state index contributed by atoms with van der Waals surface area (Å²) in [5, 5.41) is 4.27. The number of amides is 1. The molecule has 0 bridgehead atoms. The van der Waals surface area contributed by atoms with E-state index < -0.39 is 0 Å². The van der Waals surface area contributed by atoms with Crippen LogP contribution in [0.5, 0.6) is 0 Å². The van der Waals surface area contributed by atoms with Crippen LogP contribution in [-0.2, 0) is 11.2 Å². The average molecular weight is 365 g/mol. The van der Waals surface area contributed by atoms with Gasteiger partial charge in [-0.2, -0.15) is 0 Å². The zero-order valence-electron chi connectivity index (χ0n) is 15.8. The van der Waals surface area contributed by atoms with E-state index in [-0.39, 0.29) is 11.9 Å². The van der Waals surface area contributed by atoms with Crippen molar-refractivity contribution in [3.8, 4) is 0 Å². The molecule has 142 valence electrons. The summed E-state index contributed by atoms with van der Waals surface area (Å²) in [4.78, 5) is 18.5. The molecule has 4 rings (SSSR count). The van der Waals surface area contributed by atoms with Crippen molar-refractivity contribution in [1.29, 1.82) is 0 Å². The molecule has 1 aliphatic rings. The number of para-hydroxylation sites is 1. The van der Waals surface area contributed by atoms with Crippen molar-refractivity contribution in [3.05, 3.63) is 59.7 Å². The van der Waals surface area contributed by atoms with Gasteiger partial charge >= 0.3 is 0 Å². The molecule has 0 radical (unpaired) electrons. The van der Waals surface area contributed by atoms with E-state index >= 15 is 0 Å². The van der Waals surface area contributed by atoms with Gasteiger partial charge in [-0.1, -0.05) is 24.6 Å². The van der Waals surface area contributed by atoms with Gasteiger partial charge in [-0.25, -0.2) is 0 Å². The van der Waals surface area contributed by atoms with Crippen molar-refractivity contribution in [2.24, 2.45) is 0 Å². The summed E-state index contributed by atoms with van der Waals surface area (Å²) in [5.74, 6) is 0.983. The third kappa shape index (κ3) is 3.93. The lowest BCUT2D eigenvalue weighted by Gasteiger charge is -2.33. The number of aromatic amines is 1. The zero-order valence-corrected chi connectivity index (χ0v) is 15.8. The molecule has 1 fully saturated rings. The van der Waals surface area contributed by atoms with E-state index in [0.717, 1.165) is 41.0 Å². The topological polar surface area (TPSA) is 61.3 Å². The number of piperidine rings is 1. The maximum atomic E-state index is 12.7. The number of benzene rings is 1.